The Balaban J connectivity index is 1.84. The summed E-state index contributed by atoms with van der Waals surface area (Å²) in [4.78, 5) is 2.19. The van der Waals surface area contributed by atoms with Crippen LogP contribution in [0.2, 0.25) is 0 Å². The Morgan fingerprint density at radius 1 is 1.05 bits per heavy atom. The van der Waals surface area contributed by atoms with Gasteiger partial charge in [-0.2, -0.15) is 0 Å². The van der Waals surface area contributed by atoms with Crippen molar-refractivity contribution in [1.82, 2.24) is 4.90 Å². The van der Waals surface area contributed by atoms with Crippen LogP contribution in [-0.4, -0.2) is 17.5 Å². The molecule has 0 aromatic heterocycles. The first-order valence-corrected chi connectivity index (χ1v) is 7.11. The molecule has 3 rings (SSSR count). The maximum Gasteiger partial charge on any atom is 0.126 e. The fourth-order valence-electron chi connectivity index (χ4n) is 3.00. The Morgan fingerprint density at radius 2 is 1.71 bits per heavy atom. The van der Waals surface area contributed by atoms with E-state index in [9.17, 15) is 8.78 Å². The molecular formula is C17H18F2N2. The summed E-state index contributed by atoms with van der Waals surface area (Å²) in [7, 11) is 0. The Kier molecular flexibility index (Phi) is 3.99. The molecule has 2 aromatic carbocycles. The lowest BCUT2D eigenvalue weighted by molar-refractivity contribution is 0.166. The van der Waals surface area contributed by atoms with Crippen LogP contribution in [-0.2, 0) is 19.5 Å². The van der Waals surface area contributed by atoms with Crippen molar-refractivity contribution >= 4 is 0 Å². The van der Waals surface area contributed by atoms with E-state index < -0.39 is 11.6 Å². The molecule has 110 valence electrons. The second kappa shape index (κ2) is 5.92. The van der Waals surface area contributed by atoms with Crippen molar-refractivity contribution in [3.63, 3.8) is 0 Å². The zero-order valence-corrected chi connectivity index (χ0v) is 11.7. The average Bonchev–Trinajstić information content (AvgIpc) is 2.45. The van der Waals surface area contributed by atoms with E-state index in [0.717, 1.165) is 19.0 Å². The standard InChI is InChI=1S/C17H18F2N2/c18-15-5-12(6-16(19)8-15)10-21-11-14-4-2-1-3-13(14)7-17(21)9-20/h1-6,8,17H,7,9-11,20H2. The highest BCUT2D eigenvalue weighted by Gasteiger charge is 2.25. The largest absolute Gasteiger partial charge is 0.329 e. The van der Waals surface area contributed by atoms with Gasteiger partial charge >= 0.3 is 0 Å². The van der Waals surface area contributed by atoms with E-state index in [1.807, 2.05) is 12.1 Å². The minimum absolute atomic E-state index is 0.200. The van der Waals surface area contributed by atoms with E-state index in [0.29, 0.717) is 18.7 Å². The van der Waals surface area contributed by atoms with Gasteiger partial charge in [-0.25, -0.2) is 8.78 Å². The van der Waals surface area contributed by atoms with Crippen LogP contribution in [0.25, 0.3) is 0 Å². The highest BCUT2D eigenvalue weighted by atomic mass is 19.1. The summed E-state index contributed by atoms with van der Waals surface area (Å²) in [5.41, 5.74) is 9.10. The maximum atomic E-state index is 13.3. The van der Waals surface area contributed by atoms with Gasteiger partial charge in [-0.1, -0.05) is 24.3 Å². The molecule has 0 spiro atoms. The first kappa shape index (κ1) is 14.2. The molecule has 1 heterocycles. The molecule has 2 N–H and O–H groups in total. The first-order valence-electron chi connectivity index (χ1n) is 7.11. The highest BCUT2D eigenvalue weighted by Crippen LogP contribution is 2.24. The van der Waals surface area contributed by atoms with Crippen molar-refractivity contribution in [3.05, 3.63) is 70.8 Å². The van der Waals surface area contributed by atoms with Crippen molar-refractivity contribution in [1.29, 1.82) is 0 Å². The fourth-order valence-corrected chi connectivity index (χ4v) is 3.00. The molecule has 0 bridgehead atoms. The van der Waals surface area contributed by atoms with Gasteiger partial charge in [-0.15, -0.1) is 0 Å². The van der Waals surface area contributed by atoms with Crippen LogP contribution in [0.5, 0.6) is 0 Å². The first-order chi connectivity index (χ1) is 10.2. The average molecular weight is 288 g/mol. The van der Waals surface area contributed by atoms with Gasteiger partial charge in [0.25, 0.3) is 0 Å². The number of halogens is 2. The summed E-state index contributed by atoms with van der Waals surface area (Å²) in [6, 6.07) is 12.1. The molecule has 1 aliphatic heterocycles. The van der Waals surface area contributed by atoms with Gasteiger partial charge in [0.1, 0.15) is 11.6 Å². The Bertz CT molecular complexity index is 622. The number of hydrogen-bond acceptors (Lipinski definition) is 2. The molecule has 0 amide bonds. The maximum absolute atomic E-state index is 13.3. The molecule has 0 saturated heterocycles. The van der Waals surface area contributed by atoms with E-state index in [4.69, 9.17) is 5.73 Å². The minimum atomic E-state index is -0.535. The van der Waals surface area contributed by atoms with E-state index >= 15 is 0 Å². The third kappa shape index (κ3) is 3.12. The van der Waals surface area contributed by atoms with E-state index in [2.05, 4.69) is 17.0 Å². The number of fused-ring (bicyclic) bond motifs is 1. The smallest absolute Gasteiger partial charge is 0.126 e. The third-order valence-corrected chi connectivity index (χ3v) is 4.04. The zero-order valence-electron chi connectivity index (χ0n) is 11.7. The summed E-state index contributed by atoms with van der Waals surface area (Å²) < 4.78 is 26.6. The predicted molar refractivity (Wildman–Crippen MR) is 78.6 cm³/mol. The number of rotatable bonds is 3. The molecule has 2 aromatic rings. The van der Waals surface area contributed by atoms with Gasteiger partial charge in [-0.05, 0) is 35.2 Å². The lowest BCUT2D eigenvalue weighted by Crippen LogP contribution is -2.44. The third-order valence-electron chi connectivity index (χ3n) is 4.04. The molecule has 0 aliphatic carbocycles. The lowest BCUT2D eigenvalue weighted by Gasteiger charge is -2.36. The summed E-state index contributed by atoms with van der Waals surface area (Å²) in [5.74, 6) is -1.07. The van der Waals surface area contributed by atoms with Crippen LogP contribution in [0, 0.1) is 11.6 Å². The summed E-state index contributed by atoms with van der Waals surface area (Å²) in [6.45, 7) is 1.80. The number of nitrogens with two attached hydrogens (primary N) is 1. The predicted octanol–water partition coefficient (Wildman–Crippen LogP) is 2.85. The van der Waals surface area contributed by atoms with Gasteiger partial charge in [0, 0.05) is 31.7 Å². The van der Waals surface area contributed by atoms with Crippen molar-refractivity contribution in [2.24, 2.45) is 5.73 Å². The van der Waals surface area contributed by atoms with Crippen LogP contribution < -0.4 is 5.73 Å². The second-order valence-corrected chi connectivity index (χ2v) is 5.55. The van der Waals surface area contributed by atoms with Gasteiger partial charge in [0.15, 0.2) is 0 Å². The summed E-state index contributed by atoms with van der Waals surface area (Å²) >= 11 is 0. The van der Waals surface area contributed by atoms with Crippen molar-refractivity contribution in [3.8, 4) is 0 Å². The second-order valence-electron chi connectivity index (χ2n) is 5.55. The van der Waals surface area contributed by atoms with Crippen LogP contribution in [0.4, 0.5) is 8.78 Å². The molecule has 1 unspecified atom stereocenters. The lowest BCUT2D eigenvalue weighted by atomic mass is 9.93. The van der Waals surface area contributed by atoms with Crippen LogP contribution in [0.1, 0.15) is 16.7 Å². The normalized spacial score (nSPS) is 18.5. The van der Waals surface area contributed by atoms with E-state index in [1.54, 1.807) is 0 Å². The highest BCUT2D eigenvalue weighted by molar-refractivity contribution is 5.30. The zero-order chi connectivity index (χ0) is 14.8. The van der Waals surface area contributed by atoms with Crippen LogP contribution in [0.15, 0.2) is 42.5 Å². The molecule has 0 fully saturated rings. The molecular weight excluding hydrogens is 270 g/mol. The number of nitrogens with zero attached hydrogens (tertiary/aromatic N) is 1. The van der Waals surface area contributed by atoms with Gasteiger partial charge in [-0.3, -0.25) is 4.90 Å². The molecule has 2 nitrogen and oxygen atoms in total. The van der Waals surface area contributed by atoms with Crippen LogP contribution >= 0.6 is 0 Å². The van der Waals surface area contributed by atoms with Gasteiger partial charge in [0.2, 0.25) is 0 Å². The summed E-state index contributed by atoms with van der Waals surface area (Å²) in [5, 5.41) is 0. The quantitative estimate of drug-likeness (QED) is 0.941. The molecule has 0 radical (unpaired) electrons. The molecule has 0 saturated carbocycles. The van der Waals surface area contributed by atoms with E-state index in [1.165, 1.54) is 23.3 Å². The van der Waals surface area contributed by atoms with Crippen molar-refractivity contribution < 1.29 is 8.78 Å². The van der Waals surface area contributed by atoms with E-state index in [-0.39, 0.29) is 6.04 Å². The fraction of sp³-hybridized carbons (Fsp3) is 0.294. The van der Waals surface area contributed by atoms with Gasteiger partial charge in [0.05, 0.1) is 0 Å². The van der Waals surface area contributed by atoms with Crippen LogP contribution in [0.3, 0.4) is 0 Å². The Hall–Kier alpha value is -1.78. The molecule has 1 atom stereocenters. The van der Waals surface area contributed by atoms with Crippen molar-refractivity contribution in [2.45, 2.75) is 25.6 Å². The number of hydrogen-bond donors (Lipinski definition) is 1. The monoisotopic (exact) mass is 288 g/mol. The van der Waals surface area contributed by atoms with Gasteiger partial charge < -0.3 is 5.73 Å². The van der Waals surface area contributed by atoms with Crippen molar-refractivity contribution in [2.75, 3.05) is 6.54 Å². The SMILES string of the molecule is NCC1Cc2ccccc2CN1Cc1cc(F)cc(F)c1. The number of benzene rings is 2. The summed E-state index contributed by atoms with van der Waals surface area (Å²) in [6.07, 6.45) is 0.879. The Labute approximate surface area is 123 Å². The topological polar surface area (TPSA) is 29.3 Å². The Morgan fingerprint density at radius 3 is 2.38 bits per heavy atom. The molecule has 21 heavy (non-hydrogen) atoms. The molecule has 4 heteroatoms. The minimum Gasteiger partial charge on any atom is -0.329 e. The molecule has 1 aliphatic rings.